The van der Waals surface area contributed by atoms with Crippen molar-refractivity contribution in [3.63, 3.8) is 0 Å². The highest BCUT2D eigenvalue weighted by Gasteiger charge is 2.30. The maximum atomic E-state index is 12.2. The van der Waals surface area contributed by atoms with Crippen molar-refractivity contribution in [3.05, 3.63) is 6.33 Å². The molecule has 0 spiro atoms. The van der Waals surface area contributed by atoms with Crippen LogP contribution in [0.3, 0.4) is 0 Å². The van der Waals surface area contributed by atoms with Gasteiger partial charge in [0.15, 0.2) is 5.16 Å². The second kappa shape index (κ2) is 6.05. The van der Waals surface area contributed by atoms with Gasteiger partial charge in [0, 0.05) is 13.6 Å². The van der Waals surface area contributed by atoms with Gasteiger partial charge in [-0.1, -0.05) is 11.8 Å². The lowest BCUT2D eigenvalue weighted by atomic mass is 10.0. The van der Waals surface area contributed by atoms with E-state index in [1.807, 2.05) is 7.05 Å². The number of aromatic nitrogens is 3. The zero-order chi connectivity index (χ0) is 13.8. The molecule has 2 N–H and O–H groups in total. The van der Waals surface area contributed by atoms with Gasteiger partial charge in [-0.3, -0.25) is 9.59 Å². The van der Waals surface area contributed by atoms with Crippen molar-refractivity contribution in [3.8, 4) is 0 Å². The molecule has 1 aromatic heterocycles. The standard InChI is InChI=1S/C11H17N5O2S/c1-15-7-13-14-11(15)19-6-9(17)16-5-3-2-4-8(16)10(12)18/h7-8H,2-6H2,1H3,(H2,12,18)/t8-/m1/s1. The van der Waals surface area contributed by atoms with Crippen LogP contribution in [0, 0.1) is 0 Å². The second-order valence-electron chi connectivity index (χ2n) is 4.51. The number of carbonyl (C=O) groups excluding carboxylic acids is 2. The molecule has 1 saturated heterocycles. The lowest BCUT2D eigenvalue weighted by Gasteiger charge is -2.33. The number of rotatable bonds is 4. The van der Waals surface area contributed by atoms with Crippen molar-refractivity contribution in [1.82, 2.24) is 19.7 Å². The first kappa shape index (κ1) is 13.9. The Morgan fingerprint density at radius 2 is 2.32 bits per heavy atom. The summed E-state index contributed by atoms with van der Waals surface area (Å²) in [4.78, 5) is 25.1. The van der Waals surface area contributed by atoms with Crippen LogP contribution in [0.25, 0.3) is 0 Å². The molecule has 19 heavy (non-hydrogen) atoms. The van der Waals surface area contributed by atoms with E-state index >= 15 is 0 Å². The number of likely N-dealkylation sites (tertiary alicyclic amines) is 1. The number of piperidine rings is 1. The second-order valence-corrected chi connectivity index (χ2v) is 5.46. The molecule has 0 bridgehead atoms. The Bertz CT molecular complexity index is 475. The number of primary amides is 1. The predicted molar refractivity (Wildman–Crippen MR) is 70.3 cm³/mol. The van der Waals surface area contributed by atoms with Gasteiger partial charge in [-0.2, -0.15) is 0 Å². The molecular weight excluding hydrogens is 266 g/mol. The first-order valence-corrected chi connectivity index (χ1v) is 7.13. The van der Waals surface area contributed by atoms with Crippen LogP contribution in [-0.2, 0) is 16.6 Å². The Morgan fingerprint density at radius 1 is 1.53 bits per heavy atom. The summed E-state index contributed by atoms with van der Waals surface area (Å²) in [7, 11) is 1.82. The summed E-state index contributed by atoms with van der Waals surface area (Å²) in [6.07, 6.45) is 4.10. The molecule has 2 amide bonds. The SMILES string of the molecule is Cn1cnnc1SCC(=O)N1CCCC[C@@H]1C(N)=O. The lowest BCUT2D eigenvalue weighted by molar-refractivity contribution is -0.138. The first-order valence-electron chi connectivity index (χ1n) is 6.15. The maximum absolute atomic E-state index is 12.2. The van der Waals surface area contributed by atoms with Crippen molar-refractivity contribution in [2.24, 2.45) is 12.8 Å². The molecule has 2 heterocycles. The molecule has 2 rings (SSSR count). The van der Waals surface area contributed by atoms with E-state index in [4.69, 9.17) is 5.73 Å². The molecule has 1 atom stereocenters. The molecule has 8 heteroatoms. The summed E-state index contributed by atoms with van der Waals surface area (Å²) in [5.74, 6) is -0.246. The molecule has 1 fully saturated rings. The molecule has 0 aromatic carbocycles. The van der Waals surface area contributed by atoms with E-state index in [-0.39, 0.29) is 11.7 Å². The summed E-state index contributed by atoms with van der Waals surface area (Å²) >= 11 is 1.32. The van der Waals surface area contributed by atoms with Gasteiger partial charge < -0.3 is 15.2 Å². The van der Waals surface area contributed by atoms with Gasteiger partial charge in [-0.05, 0) is 19.3 Å². The number of nitrogens with zero attached hydrogens (tertiary/aromatic N) is 4. The van der Waals surface area contributed by atoms with Gasteiger partial charge in [0.25, 0.3) is 0 Å². The lowest BCUT2D eigenvalue weighted by Crippen LogP contribution is -2.51. The van der Waals surface area contributed by atoms with Crippen molar-refractivity contribution in [1.29, 1.82) is 0 Å². The number of hydrogen-bond donors (Lipinski definition) is 1. The van der Waals surface area contributed by atoms with Crippen LogP contribution in [0.15, 0.2) is 11.5 Å². The van der Waals surface area contributed by atoms with Crippen LogP contribution in [0.1, 0.15) is 19.3 Å². The van der Waals surface area contributed by atoms with Gasteiger partial charge in [-0.15, -0.1) is 10.2 Å². The fourth-order valence-electron chi connectivity index (χ4n) is 2.14. The summed E-state index contributed by atoms with van der Waals surface area (Å²) in [6, 6.07) is -0.457. The van der Waals surface area contributed by atoms with Crippen LogP contribution in [0.4, 0.5) is 0 Å². The molecule has 1 aliphatic heterocycles. The van der Waals surface area contributed by atoms with Crippen molar-refractivity contribution in [2.45, 2.75) is 30.5 Å². The Balaban J connectivity index is 1.94. The Kier molecular flexibility index (Phi) is 4.41. The van der Waals surface area contributed by atoms with E-state index in [1.54, 1.807) is 15.8 Å². The monoisotopic (exact) mass is 283 g/mol. The molecule has 104 valence electrons. The minimum atomic E-state index is -0.457. The number of aryl methyl sites for hydroxylation is 1. The summed E-state index contributed by atoms with van der Waals surface area (Å²) < 4.78 is 1.75. The zero-order valence-corrected chi connectivity index (χ0v) is 11.6. The molecule has 1 aliphatic rings. The van der Waals surface area contributed by atoms with E-state index < -0.39 is 11.9 Å². The van der Waals surface area contributed by atoms with Crippen LogP contribution < -0.4 is 5.73 Å². The van der Waals surface area contributed by atoms with Crippen molar-refractivity contribution in [2.75, 3.05) is 12.3 Å². The van der Waals surface area contributed by atoms with E-state index in [1.165, 1.54) is 11.8 Å². The quantitative estimate of drug-likeness (QED) is 0.771. The summed E-state index contributed by atoms with van der Waals surface area (Å²) in [5, 5.41) is 8.33. The number of thioether (sulfide) groups is 1. The van der Waals surface area contributed by atoms with E-state index in [0.717, 1.165) is 12.8 Å². The van der Waals surface area contributed by atoms with Gasteiger partial charge in [0.1, 0.15) is 12.4 Å². The predicted octanol–water partition coefficient (Wildman–Crippen LogP) is -0.226. The normalized spacial score (nSPS) is 19.4. The van der Waals surface area contributed by atoms with Crippen LogP contribution in [-0.4, -0.2) is 49.8 Å². The molecule has 7 nitrogen and oxygen atoms in total. The third-order valence-corrected chi connectivity index (χ3v) is 4.17. The van der Waals surface area contributed by atoms with Crippen LogP contribution in [0.2, 0.25) is 0 Å². The molecule has 0 unspecified atom stereocenters. The number of nitrogens with two attached hydrogens (primary N) is 1. The third-order valence-electron chi connectivity index (χ3n) is 3.15. The maximum Gasteiger partial charge on any atom is 0.240 e. The van der Waals surface area contributed by atoms with Gasteiger partial charge in [-0.25, -0.2) is 0 Å². The largest absolute Gasteiger partial charge is 0.368 e. The van der Waals surface area contributed by atoms with E-state index in [2.05, 4.69) is 10.2 Å². The van der Waals surface area contributed by atoms with Gasteiger partial charge in [0.05, 0.1) is 5.75 Å². The van der Waals surface area contributed by atoms with E-state index in [9.17, 15) is 9.59 Å². The molecule has 1 aromatic rings. The smallest absolute Gasteiger partial charge is 0.240 e. The minimum Gasteiger partial charge on any atom is -0.368 e. The Morgan fingerprint density at radius 3 is 2.95 bits per heavy atom. The Hall–Kier alpha value is -1.57. The summed E-state index contributed by atoms with van der Waals surface area (Å²) in [6.45, 7) is 0.603. The summed E-state index contributed by atoms with van der Waals surface area (Å²) in [5.41, 5.74) is 5.34. The molecule has 0 radical (unpaired) electrons. The Labute approximate surface area is 115 Å². The highest BCUT2D eigenvalue weighted by Crippen LogP contribution is 2.20. The highest BCUT2D eigenvalue weighted by molar-refractivity contribution is 7.99. The molecular formula is C11H17N5O2S. The molecule has 0 saturated carbocycles. The fourth-order valence-corrected chi connectivity index (χ4v) is 2.91. The van der Waals surface area contributed by atoms with Gasteiger partial charge >= 0.3 is 0 Å². The van der Waals surface area contributed by atoms with Crippen LogP contribution in [0.5, 0.6) is 0 Å². The fraction of sp³-hybridized carbons (Fsp3) is 0.636. The minimum absolute atomic E-state index is 0.0727. The number of amides is 2. The van der Waals surface area contributed by atoms with Gasteiger partial charge in [0.2, 0.25) is 11.8 Å². The van der Waals surface area contributed by atoms with E-state index in [0.29, 0.717) is 18.1 Å². The highest BCUT2D eigenvalue weighted by atomic mass is 32.2. The van der Waals surface area contributed by atoms with Crippen molar-refractivity contribution >= 4 is 23.6 Å². The number of hydrogen-bond acceptors (Lipinski definition) is 5. The number of carbonyl (C=O) groups is 2. The molecule has 0 aliphatic carbocycles. The topological polar surface area (TPSA) is 94.1 Å². The average Bonchev–Trinajstić information content (AvgIpc) is 2.81. The van der Waals surface area contributed by atoms with Crippen LogP contribution >= 0.6 is 11.8 Å². The first-order chi connectivity index (χ1) is 9.09. The van der Waals surface area contributed by atoms with Crippen molar-refractivity contribution < 1.29 is 9.59 Å². The average molecular weight is 283 g/mol. The third kappa shape index (κ3) is 3.25. The zero-order valence-electron chi connectivity index (χ0n) is 10.8.